The summed E-state index contributed by atoms with van der Waals surface area (Å²) in [6.45, 7) is 3.39. The normalized spacial score (nSPS) is 21.8. The molecule has 2 amide bonds. The maximum atomic E-state index is 12.1. The fourth-order valence-electron chi connectivity index (χ4n) is 3.93. The Morgan fingerprint density at radius 2 is 2.15 bits per heavy atom. The van der Waals surface area contributed by atoms with Crippen LogP contribution in [-0.4, -0.2) is 60.3 Å². The lowest BCUT2D eigenvalue weighted by molar-refractivity contribution is -0.130. The molecule has 2 heterocycles. The van der Waals surface area contributed by atoms with E-state index in [0.717, 1.165) is 32.4 Å². The van der Waals surface area contributed by atoms with Crippen LogP contribution in [0, 0.1) is 5.41 Å². The van der Waals surface area contributed by atoms with Gasteiger partial charge in [-0.05, 0) is 60.2 Å². The number of halogens is 2. The Kier molecular flexibility index (Phi) is 5.92. The van der Waals surface area contributed by atoms with Gasteiger partial charge in [0.05, 0.1) is 13.1 Å². The maximum Gasteiger partial charge on any atom is 0.255 e. The molecule has 1 N–H and O–H groups in total. The zero-order chi connectivity index (χ0) is 18.7. The highest BCUT2D eigenvalue weighted by Gasteiger charge is 2.58. The number of carbonyl (C=O) groups is 2. The zero-order valence-electron chi connectivity index (χ0n) is 14.9. The second-order valence-electron chi connectivity index (χ2n) is 7.33. The van der Waals surface area contributed by atoms with Crippen LogP contribution in [0.1, 0.15) is 31.7 Å². The smallest absolute Gasteiger partial charge is 0.255 e. The van der Waals surface area contributed by atoms with Crippen molar-refractivity contribution in [2.75, 3.05) is 26.2 Å². The van der Waals surface area contributed by atoms with Crippen molar-refractivity contribution in [1.82, 2.24) is 15.1 Å². The number of carbonyl (C=O) groups excluding carboxylic acids is 2. The van der Waals surface area contributed by atoms with E-state index in [9.17, 15) is 18.4 Å². The number of nitrogens with one attached hydrogen (secondary N) is 1. The maximum absolute atomic E-state index is 12.1. The molecule has 8 heteroatoms. The molecule has 3 rings (SSSR count). The van der Waals surface area contributed by atoms with Gasteiger partial charge in [-0.3, -0.25) is 14.5 Å². The highest BCUT2D eigenvalue weighted by molar-refractivity contribution is 7.07. The Hall–Kier alpha value is -1.54. The van der Waals surface area contributed by atoms with Crippen LogP contribution < -0.4 is 5.32 Å². The average Bonchev–Trinajstić information content (AvgIpc) is 3.02. The van der Waals surface area contributed by atoms with Crippen molar-refractivity contribution >= 4 is 23.2 Å². The summed E-state index contributed by atoms with van der Waals surface area (Å²) in [5.41, 5.74) is 1.33. The molecule has 26 heavy (non-hydrogen) atoms. The lowest BCUT2D eigenvalue weighted by Gasteiger charge is -2.34. The first-order valence-electron chi connectivity index (χ1n) is 8.95. The van der Waals surface area contributed by atoms with E-state index in [1.807, 2.05) is 15.2 Å². The van der Waals surface area contributed by atoms with Gasteiger partial charge in [-0.1, -0.05) is 0 Å². The molecular formula is C18H25F2N3O2S. The van der Waals surface area contributed by atoms with Crippen LogP contribution in [0.25, 0.3) is 0 Å². The molecule has 1 saturated carbocycles. The molecule has 1 saturated heterocycles. The van der Waals surface area contributed by atoms with Crippen molar-refractivity contribution in [2.24, 2.45) is 5.41 Å². The van der Waals surface area contributed by atoms with Gasteiger partial charge in [0.15, 0.2) is 0 Å². The summed E-state index contributed by atoms with van der Waals surface area (Å²) in [6.07, 6.45) is 0.374. The second-order valence-corrected chi connectivity index (χ2v) is 8.11. The van der Waals surface area contributed by atoms with Gasteiger partial charge in [0.2, 0.25) is 11.8 Å². The van der Waals surface area contributed by atoms with Gasteiger partial charge in [-0.2, -0.15) is 11.3 Å². The molecule has 0 bridgehead atoms. The predicted molar refractivity (Wildman–Crippen MR) is 96.1 cm³/mol. The molecule has 5 nitrogen and oxygen atoms in total. The SMILES string of the molecule is CC(=O)N(Cc1ccsc1)C1CC12CCN(CC(=O)NCC(F)F)CC2. The van der Waals surface area contributed by atoms with Crippen molar-refractivity contribution in [3.05, 3.63) is 22.4 Å². The first-order chi connectivity index (χ1) is 12.4. The van der Waals surface area contributed by atoms with Crippen molar-refractivity contribution < 1.29 is 18.4 Å². The number of amides is 2. The number of hydrogen-bond acceptors (Lipinski definition) is 4. The number of nitrogens with zero attached hydrogens (tertiary/aromatic N) is 2. The highest BCUT2D eigenvalue weighted by Crippen LogP contribution is 2.57. The van der Waals surface area contributed by atoms with Gasteiger partial charge >= 0.3 is 0 Å². The van der Waals surface area contributed by atoms with Gasteiger partial charge in [0.25, 0.3) is 6.43 Å². The van der Waals surface area contributed by atoms with Crippen molar-refractivity contribution in [2.45, 2.75) is 45.2 Å². The van der Waals surface area contributed by atoms with Crippen LogP contribution in [0.2, 0.25) is 0 Å². The molecule has 1 aromatic heterocycles. The largest absolute Gasteiger partial charge is 0.349 e. The van der Waals surface area contributed by atoms with Crippen molar-refractivity contribution in [3.63, 3.8) is 0 Å². The van der Waals surface area contributed by atoms with Crippen LogP contribution in [0.4, 0.5) is 8.78 Å². The number of hydrogen-bond donors (Lipinski definition) is 1. The highest BCUT2D eigenvalue weighted by atomic mass is 32.1. The average molecular weight is 385 g/mol. The van der Waals surface area contributed by atoms with Crippen LogP contribution in [0.15, 0.2) is 16.8 Å². The lowest BCUT2D eigenvalue weighted by atomic mass is 9.92. The quantitative estimate of drug-likeness (QED) is 0.784. The standard InChI is InChI=1S/C18H25F2N3O2S/c1-13(24)23(10-14-2-7-26-12-14)15-8-18(15)3-5-22(6-4-18)11-17(25)21-9-16(19)20/h2,7,12,15-16H,3-6,8-11H2,1H3,(H,21,25). The van der Waals surface area contributed by atoms with Crippen LogP contribution in [0.5, 0.6) is 0 Å². The van der Waals surface area contributed by atoms with Crippen LogP contribution >= 0.6 is 11.3 Å². The van der Waals surface area contributed by atoms with E-state index in [1.165, 1.54) is 5.56 Å². The third-order valence-electron chi connectivity index (χ3n) is 5.53. The van der Waals surface area contributed by atoms with E-state index in [-0.39, 0.29) is 29.8 Å². The first-order valence-corrected chi connectivity index (χ1v) is 9.89. The number of likely N-dealkylation sites (tertiary alicyclic amines) is 1. The fourth-order valence-corrected chi connectivity index (χ4v) is 4.59. The van der Waals surface area contributed by atoms with Gasteiger partial charge < -0.3 is 10.2 Å². The number of alkyl halides is 2. The minimum absolute atomic E-state index is 0.104. The molecule has 1 aliphatic heterocycles. The molecule has 1 atom stereocenters. The molecule has 2 fully saturated rings. The molecule has 1 spiro atoms. The van der Waals surface area contributed by atoms with Gasteiger partial charge in [0.1, 0.15) is 0 Å². The third-order valence-corrected chi connectivity index (χ3v) is 6.26. The molecule has 1 unspecified atom stereocenters. The Morgan fingerprint density at radius 3 is 2.73 bits per heavy atom. The van der Waals surface area contributed by atoms with E-state index in [0.29, 0.717) is 6.54 Å². The number of thiophene rings is 1. The van der Waals surface area contributed by atoms with Gasteiger partial charge in [-0.15, -0.1) is 0 Å². The van der Waals surface area contributed by atoms with Crippen LogP contribution in [0.3, 0.4) is 0 Å². The minimum Gasteiger partial charge on any atom is -0.349 e. The molecule has 0 aromatic carbocycles. The molecule has 1 aliphatic carbocycles. The molecular weight excluding hydrogens is 360 g/mol. The number of piperidine rings is 1. The van der Waals surface area contributed by atoms with E-state index < -0.39 is 13.0 Å². The summed E-state index contributed by atoms with van der Waals surface area (Å²) in [5, 5.41) is 6.35. The van der Waals surface area contributed by atoms with Gasteiger partial charge in [-0.25, -0.2) is 8.78 Å². The molecule has 1 aromatic rings. The summed E-state index contributed by atoms with van der Waals surface area (Å²) in [7, 11) is 0. The minimum atomic E-state index is -2.52. The monoisotopic (exact) mass is 385 g/mol. The van der Waals surface area contributed by atoms with E-state index in [2.05, 4.69) is 16.8 Å². The Bertz CT molecular complexity index is 630. The Labute approximate surface area is 156 Å². The molecule has 2 aliphatic rings. The summed E-state index contributed by atoms with van der Waals surface area (Å²) in [4.78, 5) is 27.8. The van der Waals surface area contributed by atoms with E-state index in [1.54, 1.807) is 18.3 Å². The van der Waals surface area contributed by atoms with Gasteiger partial charge in [0, 0.05) is 19.5 Å². The van der Waals surface area contributed by atoms with E-state index in [4.69, 9.17) is 0 Å². The zero-order valence-corrected chi connectivity index (χ0v) is 15.7. The van der Waals surface area contributed by atoms with E-state index >= 15 is 0 Å². The summed E-state index contributed by atoms with van der Waals surface area (Å²) in [5.74, 6) is -0.247. The Morgan fingerprint density at radius 1 is 1.42 bits per heavy atom. The molecule has 144 valence electrons. The summed E-state index contributed by atoms with van der Waals surface area (Å²) in [6, 6.07) is 2.32. The summed E-state index contributed by atoms with van der Waals surface area (Å²) >= 11 is 1.63. The van der Waals surface area contributed by atoms with Crippen molar-refractivity contribution in [1.29, 1.82) is 0 Å². The molecule has 0 radical (unpaired) electrons. The second kappa shape index (κ2) is 8.00. The third kappa shape index (κ3) is 4.59. The Balaban J connectivity index is 1.48. The first kappa shape index (κ1) is 19.2. The topological polar surface area (TPSA) is 52.7 Å². The lowest BCUT2D eigenvalue weighted by Crippen LogP contribution is -2.44. The van der Waals surface area contributed by atoms with Crippen LogP contribution in [-0.2, 0) is 16.1 Å². The fraction of sp³-hybridized carbons (Fsp3) is 0.667. The summed E-state index contributed by atoms with van der Waals surface area (Å²) < 4.78 is 24.3. The van der Waals surface area contributed by atoms with Crippen molar-refractivity contribution in [3.8, 4) is 0 Å². The number of rotatable bonds is 7. The predicted octanol–water partition coefficient (Wildman–Crippen LogP) is 2.33.